The predicted octanol–water partition coefficient (Wildman–Crippen LogP) is 2.12. The molecular weight excluding hydrogens is 196 g/mol. The normalized spacial score (nSPS) is 10.1. The number of rotatable bonds is 6. The molecule has 0 unspecified atom stereocenters. The maximum absolute atomic E-state index is 10.8. The summed E-state index contributed by atoms with van der Waals surface area (Å²) in [7, 11) is 0. The Balaban J connectivity index is 2.13. The fourth-order valence-electron chi connectivity index (χ4n) is 1.06. The van der Waals surface area contributed by atoms with E-state index in [0.717, 1.165) is 12.2 Å². The third-order valence-electron chi connectivity index (χ3n) is 1.79. The summed E-state index contributed by atoms with van der Waals surface area (Å²) < 4.78 is 0. The molecule has 0 aliphatic rings. The molecule has 0 aromatic heterocycles. The van der Waals surface area contributed by atoms with E-state index in [0.29, 0.717) is 6.42 Å². The van der Waals surface area contributed by atoms with Gasteiger partial charge in [-0.2, -0.15) is 0 Å². The Morgan fingerprint density at radius 3 is 2.64 bits per heavy atom. The largest absolute Gasteiger partial charge is 0.389 e. The van der Waals surface area contributed by atoms with Gasteiger partial charge in [0.15, 0.2) is 5.78 Å². The molecule has 14 heavy (non-hydrogen) atoms. The van der Waals surface area contributed by atoms with Gasteiger partial charge >= 0.3 is 0 Å². The molecule has 0 atom stereocenters. The van der Waals surface area contributed by atoms with Crippen LogP contribution in [0.25, 0.3) is 0 Å². The Morgan fingerprint density at radius 2 is 2.00 bits per heavy atom. The Kier molecular flexibility index (Phi) is 5.33. The van der Waals surface area contributed by atoms with Crippen molar-refractivity contribution in [2.24, 2.45) is 0 Å². The minimum atomic E-state index is -0.323. The molecule has 0 saturated heterocycles. The van der Waals surface area contributed by atoms with Gasteiger partial charge in [-0.05, 0) is 24.3 Å². The molecule has 1 rings (SSSR count). The standard InChI is InChI=1S/C11H14O2S/c12-9-10(13)5-4-8-14-11-6-2-1-3-7-11/h1-3,6-7,12H,4-5,8-9H2. The quantitative estimate of drug-likeness (QED) is 0.577. The third kappa shape index (κ3) is 4.44. The summed E-state index contributed by atoms with van der Waals surface area (Å²) >= 11 is 1.74. The molecule has 2 nitrogen and oxygen atoms in total. The average Bonchev–Trinajstić information content (AvgIpc) is 2.25. The number of aliphatic hydroxyl groups is 1. The Morgan fingerprint density at radius 1 is 1.29 bits per heavy atom. The molecule has 1 aromatic carbocycles. The SMILES string of the molecule is O=C(CO)CCCSc1ccccc1. The smallest absolute Gasteiger partial charge is 0.158 e. The topological polar surface area (TPSA) is 37.3 Å². The van der Waals surface area contributed by atoms with E-state index in [1.807, 2.05) is 18.2 Å². The van der Waals surface area contributed by atoms with E-state index in [2.05, 4.69) is 12.1 Å². The van der Waals surface area contributed by atoms with Gasteiger partial charge in [-0.3, -0.25) is 4.79 Å². The van der Waals surface area contributed by atoms with Crippen LogP contribution in [0, 0.1) is 0 Å². The summed E-state index contributed by atoms with van der Waals surface area (Å²) in [5.41, 5.74) is 0. The van der Waals surface area contributed by atoms with Crippen molar-refractivity contribution in [3.8, 4) is 0 Å². The second-order valence-electron chi connectivity index (χ2n) is 2.96. The third-order valence-corrected chi connectivity index (χ3v) is 2.89. The van der Waals surface area contributed by atoms with Crippen LogP contribution in [-0.2, 0) is 4.79 Å². The average molecular weight is 210 g/mol. The van der Waals surface area contributed by atoms with Crippen molar-refractivity contribution in [2.75, 3.05) is 12.4 Å². The molecule has 76 valence electrons. The zero-order chi connectivity index (χ0) is 10.2. The minimum Gasteiger partial charge on any atom is -0.389 e. The molecule has 0 amide bonds. The molecule has 1 aromatic rings. The molecule has 0 bridgehead atoms. The van der Waals surface area contributed by atoms with E-state index in [4.69, 9.17) is 5.11 Å². The van der Waals surface area contributed by atoms with Crippen molar-refractivity contribution < 1.29 is 9.90 Å². The predicted molar refractivity (Wildman–Crippen MR) is 58.5 cm³/mol. The van der Waals surface area contributed by atoms with Crippen LogP contribution in [0.3, 0.4) is 0 Å². The number of thioether (sulfide) groups is 1. The number of benzene rings is 1. The summed E-state index contributed by atoms with van der Waals surface area (Å²) in [5, 5.41) is 8.49. The van der Waals surface area contributed by atoms with Crippen molar-refractivity contribution in [1.82, 2.24) is 0 Å². The van der Waals surface area contributed by atoms with Crippen LogP contribution in [0.2, 0.25) is 0 Å². The first-order valence-corrected chi connectivity index (χ1v) is 5.62. The van der Waals surface area contributed by atoms with Crippen molar-refractivity contribution >= 4 is 17.5 Å². The fraction of sp³-hybridized carbons (Fsp3) is 0.364. The van der Waals surface area contributed by atoms with Crippen LogP contribution in [0.1, 0.15) is 12.8 Å². The van der Waals surface area contributed by atoms with E-state index < -0.39 is 0 Å². The van der Waals surface area contributed by atoms with Crippen molar-refractivity contribution in [3.63, 3.8) is 0 Å². The van der Waals surface area contributed by atoms with Crippen molar-refractivity contribution in [1.29, 1.82) is 0 Å². The molecule has 0 radical (unpaired) electrons. The highest BCUT2D eigenvalue weighted by atomic mass is 32.2. The maximum atomic E-state index is 10.8. The molecule has 3 heteroatoms. The number of ketones is 1. The molecule has 0 aliphatic heterocycles. The molecule has 0 heterocycles. The van der Waals surface area contributed by atoms with Crippen LogP contribution in [0.15, 0.2) is 35.2 Å². The maximum Gasteiger partial charge on any atom is 0.158 e. The minimum absolute atomic E-state index is 0.0707. The van der Waals surface area contributed by atoms with Gasteiger partial charge in [-0.15, -0.1) is 11.8 Å². The van der Waals surface area contributed by atoms with Crippen molar-refractivity contribution in [3.05, 3.63) is 30.3 Å². The second-order valence-corrected chi connectivity index (χ2v) is 4.13. The molecule has 1 N–H and O–H groups in total. The van der Waals surface area contributed by atoms with Gasteiger partial charge in [-0.1, -0.05) is 18.2 Å². The first-order valence-electron chi connectivity index (χ1n) is 4.63. The lowest BCUT2D eigenvalue weighted by molar-refractivity contribution is -0.121. The Labute approximate surface area is 88.3 Å². The zero-order valence-electron chi connectivity index (χ0n) is 7.98. The lowest BCUT2D eigenvalue weighted by atomic mass is 10.2. The summed E-state index contributed by atoms with van der Waals surface area (Å²) in [6.07, 6.45) is 1.31. The number of carbonyl (C=O) groups is 1. The van der Waals surface area contributed by atoms with E-state index in [1.54, 1.807) is 11.8 Å². The molecular formula is C11H14O2S. The van der Waals surface area contributed by atoms with Crippen LogP contribution in [-0.4, -0.2) is 23.2 Å². The van der Waals surface area contributed by atoms with E-state index in [9.17, 15) is 4.79 Å². The molecule has 0 spiro atoms. The van der Waals surface area contributed by atoms with Crippen LogP contribution >= 0.6 is 11.8 Å². The number of aliphatic hydroxyl groups excluding tert-OH is 1. The van der Waals surface area contributed by atoms with Gasteiger partial charge in [-0.25, -0.2) is 0 Å². The number of hydrogen-bond donors (Lipinski definition) is 1. The summed E-state index contributed by atoms with van der Waals surface area (Å²) in [6.45, 7) is -0.323. The monoisotopic (exact) mass is 210 g/mol. The van der Waals surface area contributed by atoms with Gasteiger partial charge in [0.2, 0.25) is 0 Å². The van der Waals surface area contributed by atoms with Crippen LogP contribution in [0.5, 0.6) is 0 Å². The zero-order valence-corrected chi connectivity index (χ0v) is 8.80. The van der Waals surface area contributed by atoms with E-state index in [-0.39, 0.29) is 12.4 Å². The van der Waals surface area contributed by atoms with Gasteiger partial charge in [0.25, 0.3) is 0 Å². The Bertz CT molecular complexity index is 272. The lowest BCUT2D eigenvalue weighted by Gasteiger charge is -1.99. The van der Waals surface area contributed by atoms with Crippen molar-refractivity contribution in [2.45, 2.75) is 17.7 Å². The van der Waals surface area contributed by atoms with Crippen LogP contribution < -0.4 is 0 Å². The fourth-order valence-corrected chi connectivity index (χ4v) is 1.93. The summed E-state index contributed by atoms with van der Waals surface area (Å²) in [6, 6.07) is 10.1. The first kappa shape index (κ1) is 11.3. The van der Waals surface area contributed by atoms with Gasteiger partial charge in [0, 0.05) is 11.3 Å². The first-order chi connectivity index (χ1) is 6.83. The second kappa shape index (κ2) is 6.62. The van der Waals surface area contributed by atoms with Crippen LogP contribution in [0.4, 0.5) is 0 Å². The lowest BCUT2D eigenvalue weighted by Crippen LogP contribution is -2.03. The molecule has 0 saturated carbocycles. The summed E-state index contributed by atoms with van der Waals surface area (Å²) in [5.74, 6) is 0.856. The number of Topliss-reactive ketones (excluding diaryl/α,β-unsaturated/α-hetero) is 1. The van der Waals surface area contributed by atoms with Gasteiger partial charge in [0.05, 0.1) is 0 Å². The van der Waals surface area contributed by atoms with Gasteiger partial charge in [0.1, 0.15) is 6.61 Å². The highest BCUT2D eigenvalue weighted by Crippen LogP contribution is 2.18. The number of hydrogen-bond acceptors (Lipinski definition) is 3. The van der Waals surface area contributed by atoms with E-state index in [1.165, 1.54) is 4.90 Å². The number of carbonyl (C=O) groups excluding carboxylic acids is 1. The molecule has 0 aliphatic carbocycles. The van der Waals surface area contributed by atoms with Gasteiger partial charge < -0.3 is 5.11 Å². The van der Waals surface area contributed by atoms with E-state index >= 15 is 0 Å². The molecule has 0 fully saturated rings. The highest BCUT2D eigenvalue weighted by Gasteiger charge is 1.99. The summed E-state index contributed by atoms with van der Waals surface area (Å²) in [4.78, 5) is 12.0. The highest BCUT2D eigenvalue weighted by molar-refractivity contribution is 7.99. The Hall–Kier alpha value is -0.800.